The molecule has 2 N–H and O–H groups in total. The van der Waals surface area contributed by atoms with Crippen LogP contribution in [0.5, 0.6) is 0 Å². The van der Waals surface area contributed by atoms with E-state index in [-0.39, 0.29) is 16.9 Å². The van der Waals surface area contributed by atoms with Gasteiger partial charge in [0, 0.05) is 0 Å². The van der Waals surface area contributed by atoms with Gasteiger partial charge in [-0.25, -0.2) is 14.0 Å². The predicted molar refractivity (Wildman–Crippen MR) is 74.2 cm³/mol. The largest absolute Gasteiger partial charge is 0.478 e. The molecule has 0 radical (unpaired) electrons. The summed E-state index contributed by atoms with van der Waals surface area (Å²) >= 11 is 0. The zero-order valence-corrected chi connectivity index (χ0v) is 11.0. The molecule has 108 valence electrons. The molecule has 0 aromatic heterocycles. The zero-order valence-electron chi connectivity index (χ0n) is 11.0. The first-order valence-corrected chi connectivity index (χ1v) is 6.31. The summed E-state index contributed by atoms with van der Waals surface area (Å²) in [4.78, 5) is 22.1. The normalized spacial score (nSPS) is 10.3. The summed E-state index contributed by atoms with van der Waals surface area (Å²) in [5.41, 5.74) is 1.36. The van der Waals surface area contributed by atoms with Gasteiger partial charge in [0.2, 0.25) is 0 Å². The van der Waals surface area contributed by atoms with Gasteiger partial charge < -0.3 is 10.2 Å². The first-order valence-electron chi connectivity index (χ1n) is 6.31. The van der Waals surface area contributed by atoms with Gasteiger partial charge in [0.15, 0.2) is 0 Å². The number of aromatic carboxylic acids is 2. The topological polar surface area (TPSA) is 74.6 Å². The molecule has 0 fully saturated rings. The summed E-state index contributed by atoms with van der Waals surface area (Å²) in [7, 11) is 0. The summed E-state index contributed by atoms with van der Waals surface area (Å²) in [6, 6.07) is 10.0. The van der Waals surface area contributed by atoms with Crippen molar-refractivity contribution in [3.8, 4) is 0 Å². The first kappa shape index (κ1) is 14.7. The second-order valence-electron chi connectivity index (χ2n) is 4.61. The molecular formula is C16H13FO4. The minimum Gasteiger partial charge on any atom is -0.478 e. The van der Waals surface area contributed by atoms with E-state index in [4.69, 9.17) is 10.2 Å². The summed E-state index contributed by atoms with van der Waals surface area (Å²) in [5.74, 6) is -2.65. The molecule has 2 aromatic rings. The fourth-order valence-corrected chi connectivity index (χ4v) is 2.06. The molecule has 0 amide bonds. The van der Waals surface area contributed by atoms with Crippen molar-refractivity contribution in [2.75, 3.05) is 0 Å². The smallest absolute Gasteiger partial charge is 0.335 e. The van der Waals surface area contributed by atoms with Gasteiger partial charge in [-0.2, -0.15) is 0 Å². The Morgan fingerprint density at radius 3 is 2.14 bits per heavy atom. The van der Waals surface area contributed by atoms with Crippen LogP contribution in [0, 0.1) is 5.82 Å². The average Bonchev–Trinajstić information content (AvgIpc) is 2.46. The van der Waals surface area contributed by atoms with E-state index in [2.05, 4.69) is 0 Å². The van der Waals surface area contributed by atoms with Crippen LogP contribution in [0.1, 0.15) is 31.8 Å². The molecule has 0 heterocycles. The minimum atomic E-state index is -1.16. The number of hydrogen-bond donors (Lipinski definition) is 2. The summed E-state index contributed by atoms with van der Waals surface area (Å²) in [6.07, 6.45) is 0.986. The minimum absolute atomic E-state index is 0.0167. The standard InChI is InChI=1S/C16H13FO4/c17-13-7-2-10(3-8-13)1-4-11-5-6-12(15(18)19)9-14(11)16(20)21/h2-3,5-9H,1,4H2,(H,18,19)(H,20,21). The van der Waals surface area contributed by atoms with Crippen molar-refractivity contribution in [3.63, 3.8) is 0 Å². The van der Waals surface area contributed by atoms with Crippen LogP contribution in [-0.2, 0) is 12.8 Å². The Kier molecular flexibility index (Phi) is 4.33. The van der Waals surface area contributed by atoms with E-state index in [0.29, 0.717) is 18.4 Å². The molecule has 0 saturated carbocycles. The molecule has 0 atom stereocenters. The van der Waals surface area contributed by atoms with E-state index < -0.39 is 11.9 Å². The molecule has 0 spiro atoms. The molecule has 2 rings (SSSR count). The second-order valence-corrected chi connectivity index (χ2v) is 4.61. The third-order valence-corrected chi connectivity index (χ3v) is 3.18. The highest BCUT2D eigenvalue weighted by molar-refractivity contribution is 5.94. The highest BCUT2D eigenvalue weighted by Crippen LogP contribution is 2.16. The summed E-state index contributed by atoms with van der Waals surface area (Å²) in [6.45, 7) is 0. The lowest BCUT2D eigenvalue weighted by Crippen LogP contribution is -2.07. The molecular weight excluding hydrogens is 275 g/mol. The van der Waals surface area contributed by atoms with Crippen molar-refractivity contribution in [3.05, 3.63) is 70.5 Å². The van der Waals surface area contributed by atoms with E-state index in [1.807, 2.05) is 0 Å². The maximum absolute atomic E-state index is 12.8. The number of halogens is 1. The quantitative estimate of drug-likeness (QED) is 0.887. The zero-order chi connectivity index (χ0) is 15.4. The van der Waals surface area contributed by atoms with Gasteiger partial charge in [0.25, 0.3) is 0 Å². The van der Waals surface area contributed by atoms with E-state index in [0.717, 1.165) is 11.6 Å². The van der Waals surface area contributed by atoms with Gasteiger partial charge in [0.05, 0.1) is 11.1 Å². The fourth-order valence-electron chi connectivity index (χ4n) is 2.06. The average molecular weight is 288 g/mol. The molecule has 5 heteroatoms. The van der Waals surface area contributed by atoms with Gasteiger partial charge in [-0.05, 0) is 48.2 Å². The van der Waals surface area contributed by atoms with Crippen molar-refractivity contribution in [1.29, 1.82) is 0 Å². The number of hydrogen-bond acceptors (Lipinski definition) is 2. The van der Waals surface area contributed by atoms with Gasteiger partial charge in [0.1, 0.15) is 5.82 Å². The second kappa shape index (κ2) is 6.17. The molecule has 0 unspecified atom stereocenters. The van der Waals surface area contributed by atoms with Gasteiger partial charge in [-0.1, -0.05) is 18.2 Å². The van der Waals surface area contributed by atoms with Crippen LogP contribution in [0.2, 0.25) is 0 Å². The third-order valence-electron chi connectivity index (χ3n) is 3.18. The Bertz CT molecular complexity index is 677. The number of carboxylic acids is 2. The highest BCUT2D eigenvalue weighted by Gasteiger charge is 2.13. The number of rotatable bonds is 5. The summed E-state index contributed by atoms with van der Waals surface area (Å²) in [5, 5.41) is 18.1. The Balaban J connectivity index is 2.21. The third kappa shape index (κ3) is 3.66. The number of aryl methyl sites for hydroxylation is 2. The molecule has 0 aliphatic heterocycles. The molecule has 0 aliphatic carbocycles. The fraction of sp³-hybridized carbons (Fsp3) is 0.125. The molecule has 0 saturated heterocycles. The van der Waals surface area contributed by atoms with E-state index in [1.54, 1.807) is 12.1 Å². The van der Waals surface area contributed by atoms with Crippen LogP contribution in [-0.4, -0.2) is 22.2 Å². The van der Waals surface area contributed by atoms with Crippen molar-refractivity contribution in [2.45, 2.75) is 12.8 Å². The molecule has 0 aliphatic rings. The maximum Gasteiger partial charge on any atom is 0.335 e. The van der Waals surface area contributed by atoms with Crippen molar-refractivity contribution in [1.82, 2.24) is 0 Å². The first-order chi connectivity index (χ1) is 9.97. The van der Waals surface area contributed by atoms with Crippen molar-refractivity contribution >= 4 is 11.9 Å². The Morgan fingerprint density at radius 1 is 0.905 bits per heavy atom. The summed E-state index contributed by atoms with van der Waals surface area (Å²) < 4.78 is 12.8. The number of benzene rings is 2. The Labute approximate surface area is 120 Å². The van der Waals surface area contributed by atoms with Gasteiger partial charge in [-0.15, -0.1) is 0 Å². The van der Waals surface area contributed by atoms with E-state index >= 15 is 0 Å². The lowest BCUT2D eigenvalue weighted by atomic mass is 9.98. The highest BCUT2D eigenvalue weighted by atomic mass is 19.1. The van der Waals surface area contributed by atoms with Crippen molar-refractivity contribution in [2.24, 2.45) is 0 Å². The monoisotopic (exact) mass is 288 g/mol. The van der Waals surface area contributed by atoms with Gasteiger partial charge >= 0.3 is 11.9 Å². The SMILES string of the molecule is O=C(O)c1ccc(CCc2ccc(F)cc2)c(C(=O)O)c1. The van der Waals surface area contributed by atoms with Crippen LogP contribution >= 0.6 is 0 Å². The van der Waals surface area contributed by atoms with E-state index in [1.165, 1.54) is 24.3 Å². The predicted octanol–water partition coefficient (Wildman–Crippen LogP) is 3.01. The van der Waals surface area contributed by atoms with Crippen LogP contribution in [0.4, 0.5) is 4.39 Å². The lowest BCUT2D eigenvalue weighted by molar-refractivity contribution is 0.0695. The Hall–Kier alpha value is -2.69. The molecule has 4 nitrogen and oxygen atoms in total. The number of carboxylic acid groups (broad SMARTS) is 2. The molecule has 21 heavy (non-hydrogen) atoms. The van der Waals surface area contributed by atoms with Crippen molar-refractivity contribution < 1.29 is 24.2 Å². The van der Waals surface area contributed by atoms with Gasteiger partial charge in [-0.3, -0.25) is 0 Å². The van der Waals surface area contributed by atoms with Crippen LogP contribution < -0.4 is 0 Å². The van der Waals surface area contributed by atoms with Crippen LogP contribution in [0.15, 0.2) is 42.5 Å². The van der Waals surface area contributed by atoms with Crippen LogP contribution in [0.3, 0.4) is 0 Å². The Morgan fingerprint density at radius 2 is 1.57 bits per heavy atom. The molecule has 2 aromatic carbocycles. The molecule has 0 bridgehead atoms. The van der Waals surface area contributed by atoms with E-state index in [9.17, 15) is 14.0 Å². The van der Waals surface area contributed by atoms with Crippen LogP contribution in [0.25, 0.3) is 0 Å². The maximum atomic E-state index is 12.8. The lowest BCUT2D eigenvalue weighted by Gasteiger charge is -2.07. The number of carbonyl (C=O) groups is 2.